The molecule has 6 nitrogen and oxygen atoms in total. The summed E-state index contributed by atoms with van der Waals surface area (Å²) in [6.07, 6.45) is 0. The molecule has 6 heteroatoms. The first-order valence-corrected chi connectivity index (χ1v) is 6.55. The first-order valence-electron chi connectivity index (χ1n) is 6.55. The van der Waals surface area contributed by atoms with E-state index < -0.39 is 11.9 Å². The number of aromatic amines is 1. The number of rotatable bonds is 2. The van der Waals surface area contributed by atoms with Gasteiger partial charge >= 0.3 is 11.9 Å². The molecule has 1 amide bonds. The van der Waals surface area contributed by atoms with Gasteiger partial charge in [-0.2, -0.15) is 0 Å². The predicted octanol–water partition coefficient (Wildman–Crippen LogP) is 1.65. The number of hydrogen-bond donors (Lipinski definition) is 2. The number of aromatic nitrogens is 1. The second-order valence-corrected chi connectivity index (χ2v) is 4.64. The molecular weight excluding hydrogens is 272 g/mol. The minimum atomic E-state index is -0.939. The third-order valence-corrected chi connectivity index (χ3v) is 3.29. The number of H-pyrrole nitrogens is 1. The van der Waals surface area contributed by atoms with Gasteiger partial charge in [0.25, 0.3) is 5.56 Å². The molecule has 0 spiro atoms. The Bertz CT molecular complexity index is 777. The molecule has 0 unspecified atom stereocenters. The van der Waals surface area contributed by atoms with Gasteiger partial charge in [0.1, 0.15) is 0 Å². The van der Waals surface area contributed by atoms with E-state index in [1.54, 1.807) is 32.0 Å². The number of aryl methyl sites for hydroxylation is 1. The number of carbonyl (C=O) groups is 2. The summed E-state index contributed by atoms with van der Waals surface area (Å²) >= 11 is 0. The summed E-state index contributed by atoms with van der Waals surface area (Å²) in [5.74, 6) is -1.78. The van der Waals surface area contributed by atoms with Gasteiger partial charge in [0.05, 0.1) is 12.1 Å². The molecule has 2 aromatic rings. The minimum absolute atomic E-state index is 0.135. The lowest BCUT2D eigenvalue weighted by atomic mass is 10.1. The van der Waals surface area contributed by atoms with Crippen molar-refractivity contribution in [3.63, 3.8) is 0 Å². The molecule has 2 N–H and O–H groups in total. The van der Waals surface area contributed by atoms with E-state index in [4.69, 9.17) is 0 Å². The molecule has 0 radical (unpaired) electrons. The Kier molecular flexibility index (Phi) is 4.07. The standard InChI is InChI=1S/C15H16N2O4/c1-4-21-15(20)14(19)16-10-5-6-11-8(2)9(3)13(18)17-12(11)7-10/h5-7H,4H2,1-3H3,(H,16,19)(H,17,18). The molecule has 0 saturated heterocycles. The van der Waals surface area contributed by atoms with Gasteiger partial charge in [0.15, 0.2) is 0 Å². The van der Waals surface area contributed by atoms with E-state index in [2.05, 4.69) is 15.0 Å². The fourth-order valence-electron chi connectivity index (χ4n) is 2.02. The summed E-state index contributed by atoms with van der Waals surface area (Å²) in [5, 5.41) is 3.33. The van der Waals surface area contributed by atoms with Gasteiger partial charge in [-0.15, -0.1) is 0 Å². The Balaban J connectivity index is 2.36. The van der Waals surface area contributed by atoms with Crippen LogP contribution in [0.5, 0.6) is 0 Å². The first kappa shape index (κ1) is 14.8. The van der Waals surface area contributed by atoms with Gasteiger partial charge in [-0.25, -0.2) is 4.79 Å². The summed E-state index contributed by atoms with van der Waals surface area (Å²) in [6.45, 7) is 5.38. The highest BCUT2D eigenvalue weighted by Crippen LogP contribution is 2.20. The topological polar surface area (TPSA) is 88.3 Å². The van der Waals surface area contributed by atoms with E-state index in [0.29, 0.717) is 16.8 Å². The van der Waals surface area contributed by atoms with Crippen LogP contribution in [0, 0.1) is 13.8 Å². The molecule has 0 saturated carbocycles. The number of carbonyl (C=O) groups excluding carboxylic acids is 2. The number of hydrogen-bond acceptors (Lipinski definition) is 4. The molecule has 110 valence electrons. The van der Waals surface area contributed by atoms with Crippen LogP contribution in [-0.2, 0) is 14.3 Å². The molecule has 0 aliphatic heterocycles. The number of anilines is 1. The zero-order valence-corrected chi connectivity index (χ0v) is 12.1. The second kappa shape index (κ2) is 5.78. The average Bonchev–Trinajstić information content (AvgIpc) is 2.45. The number of pyridine rings is 1. The van der Waals surface area contributed by atoms with Crippen molar-refractivity contribution in [2.75, 3.05) is 11.9 Å². The van der Waals surface area contributed by atoms with Crippen molar-refractivity contribution < 1.29 is 14.3 Å². The van der Waals surface area contributed by atoms with Gasteiger partial charge in [0, 0.05) is 16.6 Å². The molecule has 0 aliphatic rings. The highest BCUT2D eigenvalue weighted by molar-refractivity contribution is 6.37. The van der Waals surface area contributed by atoms with Gasteiger partial charge in [-0.3, -0.25) is 9.59 Å². The van der Waals surface area contributed by atoms with E-state index in [0.717, 1.165) is 10.9 Å². The van der Waals surface area contributed by atoms with Crippen molar-refractivity contribution in [2.24, 2.45) is 0 Å². The van der Waals surface area contributed by atoms with E-state index in [1.807, 2.05) is 6.92 Å². The fourth-order valence-corrected chi connectivity index (χ4v) is 2.02. The Labute approximate surface area is 121 Å². The number of benzene rings is 1. The average molecular weight is 288 g/mol. The van der Waals surface area contributed by atoms with Crippen LogP contribution in [0.1, 0.15) is 18.1 Å². The summed E-state index contributed by atoms with van der Waals surface area (Å²) in [4.78, 5) is 37.3. The number of nitrogens with one attached hydrogen (secondary N) is 2. The number of fused-ring (bicyclic) bond motifs is 1. The zero-order chi connectivity index (χ0) is 15.6. The van der Waals surface area contributed by atoms with Crippen LogP contribution in [0.15, 0.2) is 23.0 Å². The Morgan fingerprint density at radius 3 is 2.62 bits per heavy atom. The lowest BCUT2D eigenvalue weighted by Crippen LogP contribution is -2.25. The Morgan fingerprint density at radius 1 is 1.24 bits per heavy atom. The number of ether oxygens (including phenoxy) is 1. The maximum atomic E-state index is 11.8. The van der Waals surface area contributed by atoms with E-state index in [9.17, 15) is 14.4 Å². The second-order valence-electron chi connectivity index (χ2n) is 4.64. The van der Waals surface area contributed by atoms with Crippen LogP contribution < -0.4 is 10.9 Å². The third kappa shape index (κ3) is 2.94. The van der Waals surface area contributed by atoms with E-state index >= 15 is 0 Å². The van der Waals surface area contributed by atoms with E-state index in [1.165, 1.54) is 0 Å². The smallest absolute Gasteiger partial charge is 0.397 e. The van der Waals surface area contributed by atoms with Crippen molar-refractivity contribution in [1.82, 2.24) is 4.98 Å². The lowest BCUT2D eigenvalue weighted by molar-refractivity contribution is -0.152. The lowest BCUT2D eigenvalue weighted by Gasteiger charge is -2.08. The largest absolute Gasteiger partial charge is 0.459 e. The van der Waals surface area contributed by atoms with Gasteiger partial charge < -0.3 is 15.0 Å². The summed E-state index contributed by atoms with van der Waals surface area (Å²) in [6, 6.07) is 5.07. The van der Waals surface area contributed by atoms with Crippen LogP contribution in [0.3, 0.4) is 0 Å². The molecule has 0 atom stereocenters. The van der Waals surface area contributed by atoms with Crippen LogP contribution in [-0.4, -0.2) is 23.5 Å². The van der Waals surface area contributed by atoms with Crippen LogP contribution in [0.25, 0.3) is 10.9 Å². The van der Waals surface area contributed by atoms with Crippen molar-refractivity contribution in [1.29, 1.82) is 0 Å². The maximum Gasteiger partial charge on any atom is 0.397 e. The first-order chi connectivity index (χ1) is 9.93. The highest BCUT2D eigenvalue weighted by Gasteiger charge is 2.15. The molecule has 1 aromatic carbocycles. The molecule has 0 fully saturated rings. The molecule has 21 heavy (non-hydrogen) atoms. The van der Waals surface area contributed by atoms with Gasteiger partial charge in [-0.05, 0) is 38.5 Å². The van der Waals surface area contributed by atoms with Gasteiger partial charge in [-0.1, -0.05) is 6.07 Å². The monoisotopic (exact) mass is 288 g/mol. The molecule has 0 aliphatic carbocycles. The molecule has 0 bridgehead atoms. The molecular formula is C15H16N2O4. The summed E-state index contributed by atoms with van der Waals surface area (Å²) in [7, 11) is 0. The van der Waals surface area contributed by atoms with Crippen molar-refractivity contribution in [3.05, 3.63) is 39.7 Å². The van der Waals surface area contributed by atoms with Gasteiger partial charge in [0.2, 0.25) is 0 Å². The third-order valence-electron chi connectivity index (χ3n) is 3.29. The minimum Gasteiger partial charge on any atom is -0.459 e. The van der Waals surface area contributed by atoms with Crippen LogP contribution >= 0.6 is 0 Å². The SMILES string of the molecule is CCOC(=O)C(=O)Nc1ccc2c(C)c(C)c(=O)[nH]c2c1. The normalized spacial score (nSPS) is 10.4. The Morgan fingerprint density at radius 2 is 1.95 bits per heavy atom. The predicted molar refractivity (Wildman–Crippen MR) is 79.3 cm³/mol. The van der Waals surface area contributed by atoms with Crippen molar-refractivity contribution in [3.8, 4) is 0 Å². The van der Waals surface area contributed by atoms with Crippen LogP contribution in [0.2, 0.25) is 0 Å². The molecule has 1 heterocycles. The molecule has 2 rings (SSSR count). The maximum absolute atomic E-state index is 11.8. The summed E-state index contributed by atoms with van der Waals surface area (Å²) in [5.41, 5.74) is 2.39. The van der Waals surface area contributed by atoms with Crippen molar-refractivity contribution in [2.45, 2.75) is 20.8 Å². The van der Waals surface area contributed by atoms with E-state index in [-0.39, 0.29) is 12.2 Å². The Hall–Kier alpha value is -2.63. The quantitative estimate of drug-likeness (QED) is 0.649. The summed E-state index contributed by atoms with van der Waals surface area (Å²) < 4.78 is 4.61. The fraction of sp³-hybridized carbons (Fsp3) is 0.267. The molecule has 1 aromatic heterocycles. The zero-order valence-electron chi connectivity index (χ0n) is 12.1. The number of esters is 1. The van der Waals surface area contributed by atoms with Crippen molar-refractivity contribution >= 4 is 28.5 Å². The van der Waals surface area contributed by atoms with Crippen LogP contribution in [0.4, 0.5) is 5.69 Å². The number of amides is 1. The highest BCUT2D eigenvalue weighted by atomic mass is 16.5.